The number of benzene rings is 1. The molecule has 5 heteroatoms. The van der Waals surface area contributed by atoms with Gasteiger partial charge >= 0.3 is 0 Å². The number of aryl methyl sites for hydroxylation is 1. The number of carbonyl (C=O) groups is 1. The largest absolute Gasteiger partial charge is 0.451 e. The molecule has 1 heterocycles. The third-order valence-electron chi connectivity index (χ3n) is 4.09. The van der Waals surface area contributed by atoms with Crippen molar-refractivity contribution in [1.82, 2.24) is 4.90 Å². The number of amides is 1. The van der Waals surface area contributed by atoms with Crippen molar-refractivity contribution in [2.24, 2.45) is 11.7 Å². The minimum Gasteiger partial charge on any atom is -0.451 e. The van der Waals surface area contributed by atoms with Crippen LogP contribution in [0.4, 0.5) is 0 Å². The van der Waals surface area contributed by atoms with Gasteiger partial charge in [0.1, 0.15) is 5.58 Å². The molecular weight excluding hydrogens is 300 g/mol. The van der Waals surface area contributed by atoms with Gasteiger partial charge in [0.15, 0.2) is 5.76 Å². The number of halogens is 1. The second kappa shape index (κ2) is 6.71. The van der Waals surface area contributed by atoms with Gasteiger partial charge in [0.25, 0.3) is 5.91 Å². The van der Waals surface area contributed by atoms with Gasteiger partial charge in [-0.1, -0.05) is 25.4 Å². The van der Waals surface area contributed by atoms with E-state index in [1.165, 1.54) is 0 Å². The molecule has 0 fully saturated rings. The highest BCUT2D eigenvalue weighted by Gasteiger charge is 2.21. The molecule has 1 atom stereocenters. The van der Waals surface area contributed by atoms with E-state index in [4.69, 9.17) is 21.8 Å². The van der Waals surface area contributed by atoms with Crippen molar-refractivity contribution in [3.05, 3.63) is 34.5 Å². The number of rotatable bonds is 5. The monoisotopic (exact) mass is 322 g/mol. The molecule has 1 aromatic carbocycles. The fraction of sp³-hybridized carbons (Fsp3) is 0.471. The lowest BCUT2D eigenvalue weighted by Crippen LogP contribution is -2.34. The predicted molar refractivity (Wildman–Crippen MR) is 90.4 cm³/mol. The second-order valence-corrected chi connectivity index (χ2v) is 6.56. The summed E-state index contributed by atoms with van der Waals surface area (Å²) in [7, 11) is 1.77. The molecule has 0 aliphatic carbocycles. The Morgan fingerprint density at radius 3 is 2.73 bits per heavy atom. The summed E-state index contributed by atoms with van der Waals surface area (Å²) in [5.74, 6) is 0.650. The molecule has 0 aliphatic rings. The molecule has 0 spiro atoms. The van der Waals surface area contributed by atoms with E-state index in [1.54, 1.807) is 24.1 Å². The Kier molecular flexibility index (Phi) is 5.14. The van der Waals surface area contributed by atoms with E-state index in [9.17, 15) is 4.79 Å². The number of nitrogens with two attached hydrogens (primary N) is 1. The molecule has 0 saturated heterocycles. The van der Waals surface area contributed by atoms with Gasteiger partial charge in [0, 0.05) is 35.6 Å². The Hall–Kier alpha value is -1.52. The molecule has 22 heavy (non-hydrogen) atoms. The second-order valence-electron chi connectivity index (χ2n) is 6.12. The minimum absolute atomic E-state index is 0.0887. The van der Waals surface area contributed by atoms with E-state index >= 15 is 0 Å². The van der Waals surface area contributed by atoms with E-state index in [0.717, 1.165) is 17.4 Å². The topological polar surface area (TPSA) is 59.5 Å². The van der Waals surface area contributed by atoms with Crippen LogP contribution in [0.5, 0.6) is 0 Å². The Bertz CT molecular complexity index is 679. The van der Waals surface area contributed by atoms with Crippen LogP contribution >= 0.6 is 11.6 Å². The molecule has 2 rings (SSSR count). The van der Waals surface area contributed by atoms with Gasteiger partial charge in [0.05, 0.1) is 0 Å². The van der Waals surface area contributed by atoms with Crippen LogP contribution in [0.15, 0.2) is 22.6 Å². The minimum atomic E-state index is -0.124. The SMILES string of the molecule is Cc1c(C(=O)N(C)CCC(N)C(C)C)oc2ccc(Cl)cc12. The standard InChI is InChI=1S/C17H23ClN2O2/c1-10(2)14(19)7-8-20(4)17(21)16-11(3)13-9-12(18)5-6-15(13)22-16/h5-6,9-10,14H,7-8,19H2,1-4H3. The molecule has 1 amide bonds. The zero-order valence-electron chi connectivity index (χ0n) is 13.5. The Morgan fingerprint density at radius 1 is 1.41 bits per heavy atom. The van der Waals surface area contributed by atoms with Crippen molar-refractivity contribution in [3.8, 4) is 0 Å². The van der Waals surface area contributed by atoms with Gasteiger partial charge in [0.2, 0.25) is 0 Å². The molecule has 120 valence electrons. The van der Waals surface area contributed by atoms with Gasteiger partial charge < -0.3 is 15.1 Å². The lowest BCUT2D eigenvalue weighted by atomic mass is 10.0. The molecule has 0 saturated carbocycles. The summed E-state index contributed by atoms with van der Waals surface area (Å²) in [6, 6.07) is 5.45. The van der Waals surface area contributed by atoms with Gasteiger partial charge in [-0.3, -0.25) is 4.79 Å². The number of fused-ring (bicyclic) bond motifs is 1. The normalized spacial score (nSPS) is 12.9. The van der Waals surface area contributed by atoms with Gasteiger partial charge in [-0.15, -0.1) is 0 Å². The van der Waals surface area contributed by atoms with E-state index in [1.807, 2.05) is 13.0 Å². The van der Waals surface area contributed by atoms with Crippen LogP contribution in [0.2, 0.25) is 5.02 Å². The van der Waals surface area contributed by atoms with E-state index in [0.29, 0.717) is 28.8 Å². The van der Waals surface area contributed by atoms with Gasteiger partial charge in [-0.2, -0.15) is 0 Å². The van der Waals surface area contributed by atoms with Crippen molar-refractivity contribution in [1.29, 1.82) is 0 Å². The maximum Gasteiger partial charge on any atom is 0.289 e. The number of furan rings is 1. The molecular formula is C17H23ClN2O2. The van der Waals surface area contributed by atoms with Crippen LogP contribution in [0, 0.1) is 12.8 Å². The highest BCUT2D eigenvalue weighted by Crippen LogP contribution is 2.28. The van der Waals surface area contributed by atoms with Gasteiger partial charge in [-0.25, -0.2) is 0 Å². The number of hydrogen-bond donors (Lipinski definition) is 1. The van der Waals surface area contributed by atoms with Crippen molar-refractivity contribution in [2.75, 3.05) is 13.6 Å². The van der Waals surface area contributed by atoms with Gasteiger partial charge in [-0.05, 0) is 37.5 Å². The Morgan fingerprint density at radius 2 is 2.09 bits per heavy atom. The van der Waals surface area contributed by atoms with Crippen LogP contribution < -0.4 is 5.73 Å². The fourth-order valence-corrected chi connectivity index (χ4v) is 2.52. The molecule has 1 aromatic heterocycles. The summed E-state index contributed by atoms with van der Waals surface area (Å²) in [5.41, 5.74) is 7.54. The zero-order chi connectivity index (χ0) is 16.4. The Labute approximate surface area is 136 Å². The van der Waals surface area contributed by atoms with Crippen LogP contribution in [-0.4, -0.2) is 30.4 Å². The third kappa shape index (κ3) is 3.45. The average Bonchev–Trinajstić information content (AvgIpc) is 2.80. The van der Waals surface area contributed by atoms with Crippen LogP contribution in [0.3, 0.4) is 0 Å². The maximum absolute atomic E-state index is 12.6. The average molecular weight is 323 g/mol. The summed E-state index contributed by atoms with van der Waals surface area (Å²) in [5, 5.41) is 1.51. The van der Waals surface area contributed by atoms with E-state index < -0.39 is 0 Å². The molecule has 0 bridgehead atoms. The lowest BCUT2D eigenvalue weighted by molar-refractivity contribution is 0.0759. The summed E-state index contributed by atoms with van der Waals surface area (Å²) in [6.45, 7) is 6.65. The predicted octanol–water partition coefficient (Wildman–Crippen LogP) is 3.84. The van der Waals surface area contributed by atoms with E-state index in [2.05, 4.69) is 13.8 Å². The quantitative estimate of drug-likeness (QED) is 0.909. The summed E-state index contributed by atoms with van der Waals surface area (Å²) >= 11 is 6.01. The first-order valence-corrected chi connectivity index (χ1v) is 7.88. The molecule has 2 N–H and O–H groups in total. The molecule has 2 aromatic rings. The summed E-state index contributed by atoms with van der Waals surface area (Å²) in [6.07, 6.45) is 0.769. The molecule has 1 unspecified atom stereocenters. The zero-order valence-corrected chi connectivity index (χ0v) is 14.3. The number of hydrogen-bond acceptors (Lipinski definition) is 3. The van der Waals surface area contributed by atoms with E-state index in [-0.39, 0.29) is 11.9 Å². The first-order chi connectivity index (χ1) is 10.3. The molecule has 0 aliphatic heterocycles. The van der Waals surface area contributed by atoms with Crippen molar-refractivity contribution in [2.45, 2.75) is 33.2 Å². The van der Waals surface area contributed by atoms with Crippen molar-refractivity contribution < 1.29 is 9.21 Å². The van der Waals surface area contributed by atoms with Crippen LogP contribution in [0.25, 0.3) is 11.0 Å². The van der Waals surface area contributed by atoms with Crippen LogP contribution in [0.1, 0.15) is 36.4 Å². The third-order valence-corrected chi connectivity index (χ3v) is 4.33. The first-order valence-electron chi connectivity index (χ1n) is 7.51. The molecule has 4 nitrogen and oxygen atoms in total. The fourth-order valence-electron chi connectivity index (χ4n) is 2.35. The maximum atomic E-state index is 12.6. The van der Waals surface area contributed by atoms with Crippen LogP contribution in [-0.2, 0) is 0 Å². The summed E-state index contributed by atoms with van der Waals surface area (Å²) < 4.78 is 5.71. The number of carbonyl (C=O) groups excluding carboxylic acids is 1. The first kappa shape index (κ1) is 16.8. The highest BCUT2D eigenvalue weighted by atomic mass is 35.5. The smallest absolute Gasteiger partial charge is 0.289 e. The van der Waals surface area contributed by atoms with Crippen molar-refractivity contribution >= 4 is 28.5 Å². The molecule has 0 radical (unpaired) electrons. The van der Waals surface area contributed by atoms with Crippen molar-refractivity contribution in [3.63, 3.8) is 0 Å². The Balaban J connectivity index is 2.17. The summed E-state index contributed by atoms with van der Waals surface area (Å²) in [4.78, 5) is 14.2. The number of nitrogens with zero attached hydrogens (tertiary/aromatic N) is 1. The lowest BCUT2D eigenvalue weighted by Gasteiger charge is -2.21. The highest BCUT2D eigenvalue weighted by molar-refractivity contribution is 6.31.